The molecule has 0 radical (unpaired) electrons. The van der Waals surface area contributed by atoms with Crippen molar-refractivity contribution in [1.29, 1.82) is 0 Å². The molecule has 1 aromatic rings. The van der Waals surface area contributed by atoms with E-state index in [4.69, 9.17) is 29.1 Å². The van der Waals surface area contributed by atoms with Gasteiger partial charge in [0.15, 0.2) is 6.10 Å². The minimum atomic E-state index is -0.845. The normalized spacial score (nSPS) is 12.2. The highest BCUT2D eigenvalue weighted by Crippen LogP contribution is 2.23. The number of carbonyl (C=O) groups is 1. The van der Waals surface area contributed by atoms with E-state index in [1.807, 2.05) is 0 Å². The van der Waals surface area contributed by atoms with Gasteiger partial charge >= 0.3 is 5.97 Å². The summed E-state index contributed by atoms with van der Waals surface area (Å²) in [7, 11) is 1.27. The molecule has 1 aromatic carbocycles. The van der Waals surface area contributed by atoms with Crippen molar-refractivity contribution in [2.24, 2.45) is 5.90 Å². The molecule has 0 aliphatic heterocycles. The van der Waals surface area contributed by atoms with Crippen molar-refractivity contribution < 1.29 is 14.4 Å². The highest BCUT2D eigenvalue weighted by Gasteiger charge is 2.19. The molecule has 16 heavy (non-hydrogen) atoms. The Balaban J connectivity index is 2.78. The lowest BCUT2D eigenvalue weighted by molar-refractivity contribution is -0.154. The predicted octanol–water partition coefficient (Wildman–Crippen LogP) is 1.97. The molecule has 1 rings (SSSR count). The summed E-state index contributed by atoms with van der Waals surface area (Å²) in [6, 6.07) is 5.03. The van der Waals surface area contributed by atoms with Gasteiger partial charge in [-0.1, -0.05) is 29.3 Å². The van der Waals surface area contributed by atoms with Crippen LogP contribution in [0, 0.1) is 0 Å². The summed E-state index contributed by atoms with van der Waals surface area (Å²) in [5.74, 6) is 4.47. The molecule has 1 unspecified atom stereocenters. The minimum absolute atomic E-state index is 0.278. The van der Waals surface area contributed by atoms with Gasteiger partial charge in [0.1, 0.15) is 0 Å². The number of carbonyl (C=O) groups excluding carboxylic acids is 1. The van der Waals surface area contributed by atoms with Gasteiger partial charge in [-0.25, -0.2) is 10.7 Å². The molecule has 88 valence electrons. The van der Waals surface area contributed by atoms with E-state index >= 15 is 0 Å². The predicted molar refractivity (Wildman–Crippen MR) is 61.2 cm³/mol. The van der Waals surface area contributed by atoms with Gasteiger partial charge in [-0.15, -0.1) is 0 Å². The Bertz CT molecular complexity index is 384. The smallest absolute Gasteiger partial charge is 0.337 e. The molecule has 0 aliphatic carbocycles. The lowest BCUT2D eigenvalue weighted by Crippen LogP contribution is -2.30. The number of hydrogen-bond donors (Lipinski definition) is 1. The zero-order chi connectivity index (χ0) is 12.1. The molecule has 0 amide bonds. The van der Waals surface area contributed by atoms with Crippen molar-refractivity contribution in [3.63, 3.8) is 0 Å². The SMILES string of the molecule is COC(=O)C(Cc1ccc(Cl)c(Cl)c1)ON. The van der Waals surface area contributed by atoms with Crippen LogP contribution in [0.1, 0.15) is 5.56 Å². The topological polar surface area (TPSA) is 61.5 Å². The minimum Gasteiger partial charge on any atom is -0.467 e. The molecule has 0 spiro atoms. The summed E-state index contributed by atoms with van der Waals surface area (Å²) < 4.78 is 4.53. The fourth-order valence-corrected chi connectivity index (χ4v) is 1.52. The number of nitrogens with two attached hydrogens (primary N) is 1. The van der Waals surface area contributed by atoms with Crippen molar-refractivity contribution in [3.8, 4) is 0 Å². The second-order valence-electron chi connectivity index (χ2n) is 3.10. The number of esters is 1. The summed E-state index contributed by atoms with van der Waals surface area (Å²) in [4.78, 5) is 15.7. The van der Waals surface area contributed by atoms with Crippen molar-refractivity contribution in [3.05, 3.63) is 33.8 Å². The molecule has 4 nitrogen and oxygen atoms in total. The fraction of sp³-hybridized carbons (Fsp3) is 0.300. The van der Waals surface area contributed by atoms with Gasteiger partial charge < -0.3 is 4.74 Å². The third-order valence-corrected chi connectivity index (χ3v) is 2.77. The quantitative estimate of drug-likeness (QED) is 0.667. The van der Waals surface area contributed by atoms with E-state index in [1.165, 1.54) is 7.11 Å². The Labute approximate surface area is 103 Å². The molecule has 1 atom stereocenters. The van der Waals surface area contributed by atoms with Crippen molar-refractivity contribution >= 4 is 29.2 Å². The van der Waals surface area contributed by atoms with E-state index in [2.05, 4.69) is 9.57 Å². The summed E-state index contributed by atoms with van der Waals surface area (Å²) in [6.45, 7) is 0. The van der Waals surface area contributed by atoms with Gasteiger partial charge in [-0.2, -0.15) is 0 Å². The average molecular weight is 264 g/mol. The van der Waals surface area contributed by atoms with Crippen LogP contribution >= 0.6 is 23.2 Å². The zero-order valence-electron chi connectivity index (χ0n) is 8.57. The molecule has 0 bridgehead atoms. The van der Waals surface area contributed by atoms with Gasteiger partial charge in [-0.3, -0.25) is 4.84 Å². The Morgan fingerprint density at radius 3 is 2.62 bits per heavy atom. The van der Waals surface area contributed by atoms with E-state index < -0.39 is 12.1 Å². The Kier molecular flexibility index (Phi) is 5.02. The van der Waals surface area contributed by atoms with Crippen LogP contribution in [-0.4, -0.2) is 19.2 Å². The molecular weight excluding hydrogens is 253 g/mol. The first-order chi connectivity index (χ1) is 7.58. The number of methoxy groups -OCH3 is 1. The van der Waals surface area contributed by atoms with Crippen LogP contribution in [0.4, 0.5) is 0 Å². The van der Waals surface area contributed by atoms with Crippen LogP contribution < -0.4 is 5.90 Å². The van der Waals surface area contributed by atoms with Crippen LogP contribution in [0.15, 0.2) is 18.2 Å². The molecule has 0 saturated carbocycles. The molecule has 0 fully saturated rings. The molecule has 0 heterocycles. The van der Waals surface area contributed by atoms with Crippen molar-refractivity contribution in [1.82, 2.24) is 0 Å². The van der Waals surface area contributed by atoms with Crippen molar-refractivity contribution in [2.45, 2.75) is 12.5 Å². The number of halogens is 2. The Hall–Kier alpha value is -0.810. The monoisotopic (exact) mass is 263 g/mol. The molecule has 0 saturated heterocycles. The highest BCUT2D eigenvalue weighted by atomic mass is 35.5. The number of benzene rings is 1. The molecule has 2 N–H and O–H groups in total. The third-order valence-electron chi connectivity index (χ3n) is 2.03. The first kappa shape index (κ1) is 13.3. The van der Waals surface area contributed by atoms with Crippen LogP contribution in [0.2, 0.25) is 10.0 Å². The average Bonchev–Trinajstić information content (AvgIpc) is 2.29. The van der Waals surface area contributed by atoms with E-state index in [0.29, 0.717) is 10.0 Å². The Morgan fingerprint density at radius 2 is 2.12 bits per heavy atom. The lowest BCUT2D eigenvalue weighted by Gasteiger charge is -2.12. The van der Waals surface area contributed by atoms with Crippen LogP contribution in [0.5, 0.6) is 0 Å². The first-order valence-corrected chi connectivity index (χ1v) is 5.21. The van der Waals surface area contributed by atoms with E-state index in [9.17, 15) is 4.79 Å². The standard InChI is InChI=1S/C10H11Cl2NO3/c1-15-10(14)9(16-13)5-6-2-3-7(11)8(12)4-6/h2-4,9H,5,13H2,1H3. The maximum atomic E-state index is 11.2. The number of ether oxygens (including phenoxy) is 1. The number of hydrogen-bond acceptors (Lipinski definition) is 4. The fourth-order valence-electron chi connectivity index (χ4n) is 1.20. The maximum Gasteiger partial charge on any atom is 0.337 e. The Morgan fingerprint density at radius 1 is 1.44 bits per heavy atom. The number of rotatable bonds is 4. The van der Waals surface area contributed by atoms with E-state index in [1.54, 1.807) is 18.2 Å². The van der Waals surface area contributed by atoms with Gasteiger partial charge in [0, 0.05) is 6.42 Å². The van der Waals surface area contributed by atoms with E-state index in [0.717, 1.165) is 5.56 Å². The van der Waals surface area contributed by atoms with Crippen LogP contribution in [-0.2, 0) is 20.8 Å². The lowest BCUT2D eigenvalue weighted by atomic mass is 10.1. The summed E-state index contributed by atoms with van der Waals surface area (Å²) in [5.41, 5.74) is 0.787. The summed E-state index contributed by atoms with van der Waals surface area (Å²) in [6.07, 6.45) is -0.567. The van der Waals surface area contributed by atoms with Crippen LogP contribution in [0.3, 0.4) is 0 Å². The maximum absolute atomic E-state index is 11.2. The van der Waals surface area contributed by atoms with Gasteiger partial charge in [-0.05, 0) is 17.7 Å². The second-order valence-corrected chi connectivity index (χ2v) is 3.91. The third kappa shape index (κ3) is 3.35. The molecule has 0 aliphatic rings. The molecule has 0 aromatic heterocycles. The van der Waals surface area contributed by atoms with Gasteiger partial charge in [0.05, 0.1) is 17.2 Å². The highest BCUT2D eigenvalue weighted by molar-refractivity contribution is 6.42. The molecule has 6 heteroatoms. The van der Waals surface area contributed by atoms with Crippen LogP contribution in [0.25, 0.3) is 0 Å². The second kappa shape index (κ2) is 6.06. The van der Waals surface area contributed by atoms with Crippen molar-refractivity contribution in [2.75, 3.05) is 7.11 Å². The van der Waals surface area contributed by atoms with Gasteiger partial charge in [0.25, 0.3) is 0 Å². The van der Waals surface area contributed by atoms with E-state index in [-0.39, 0.29) is 6.42 Å². The molecular formula is C10H11Cl2NO3. The summed E-state index contributed by atoms with van der Waals surface area (Å²) in [5, 5.41) is 0.869. The van der Waals surface area contributed by atoms with Gasteiger partial charge in [0.2, 0.25) is 0 Å². The summed E-state index contributed by atoms with van der Waals surface area (Å²) >= 11 is 11.6. The first-order valence-electron chi connectivity index (χ1n) is 4.45. The largest absolute Gasteiger partial charge is 0.467 e. The zero-order valence-corrected chi connectivity index (χ0v) is 10.1.